The third-order valence-corrected chi connectivity index (χ3v) is 1.22. The number of ether oxygens (including phenoxy) is 1. The molecule has 0 aliphatic heterocycles. The first-order chi connectivity index (χ1) is 6.61. The van der Waals surface area contributed by atoms with E-state index in [4.69, 9.17) is 5.53 Å². The number of carbonyl (C=O) groups is 1. The lowest BCUT2D eigenvalue weighted by Crippen LogP contribution is -2.09. The van der Waals surface area contributed by atoms with Gasteiger partial charge in [-0.05, 0) is 0 Å². The first-order valence-corrected chi connectivity index (χ1v) is 3.47. The first-order valence-electron chi connectivity index (χ1n) is 3.47. The lowest BCUT2D eigenvalue weighted by Gasteiger charge is -1.98. The van der Waals surface area contributed by atoms with Crippen LogP contribution in [-0.2, 0) is 4.79 Å². The number of benzene rings is 1. The molecule has 1 aromatic carbocycles. The highest BCUT2D eigenvalue weighted by molar-refractivity contribution is 6.21. The Morgan fingerprint density at radius 3 is 2.43 bits per heavy atom. The molecule has 0 N–H and O–H groups in total. The van der Waals surface area contributed by atoms with Gasteiger partial charge < -0.3 is 10.3 Å². The van der Waals surface area contributed by atoms with Crippen molar-refractivity contribution in [3.05, 3.63) is 35.4 Å². The van der Waals surface area contributed by atoms with Gasteiger partial charge in [-0.2, -0.15) is 4.79 Å². The predicted octanol–water partition coefficient (Wildman–Crippen LogP) is 1.17. The van der Waals surface area contributed by atoms with E-state index in [0.29, 0.717) is 12.3 Å². The summed E-state index contributed by atoms with van der Waals surface area (Å²) in [5.74, 6) is -3.06. The Morgan fingerprint density at radius 1 is 1.36 bits per heavy atom. The Bertz CT molecular complexity index is 394. The molecule has 0 fully saturated rings. The van der Waals surface area contributed by atoms with Crippen LogP contribution >= 0.6 is 0 Å². The van der Waals surface area contributed by atoms with E-state index in [9.17, 15) is 13.6 Å². The van der Waals surface area contributed by atoms with E-state index in [1.165, 1.54) is 0 Å². The lowest BCUT2D eigenvalue weighted by atomic mass is 10.3. The van der Waals surface area contributed by atoms with Crippen LogP contribution in [0.4, 0.5) is 8.78 Å². The minimum atomic E-state index is -1.03. The Hall–Kier alpha value is -2.07. The normalized spacial score (nSPS) is 9.00. The van der Waals surface area contributed by atoms with Crippen molar-refractivity contribution in [3.8, 4) is 5.75 Å². The summed E-state index contributed by atoms with van der Waals surface area (Å²) in [6.07, 6.45) is 0.461. The van der Waals surface area contributed by atoms with Gasteiger partial charge in [0.2, 0.25) is 0 Å². The van der Waals surface area contributed by atoms with Crippen LogP contribution in [0, 0.1) is 11.6 Å². The van der Waals surface area contributed by atoms with E-state index in [1.54, 1.807) is 0 Å². The predicted molar refractivity (Wildman–Crippen MR) is 41.7 cm³/mol. The van der Waals surface area contributed by atoms with Crippen molar-refractivity contribution in [2.75, 3.05) is 0 Å². The average molecular weight is 198 g/mol. The summed E-state index contributed by atoms with van der Waals surface area (Å²) in [6.45, 7) is 0. The van der Waals surface area contributed by atoms with Gasteiger partial charge in [0.1, 0.15) is 17.4 Å². The van der Waals surface area contributed by atoms with Crippen LogP contribution in [0.3, 0.4) is 0 Å². The molecule has 6 heteroatoms. The molecule has 14 heavy (non-hydrogen) atoms. The third-order valence-electron chi connectivity index (χ3n) is 1.22. The molecule has 0 heterocycles. The van der Waals surface area contributed by atoms with Crippen molar-refractivity contribution in [3.63, 3.8) is 0 Å². The minimum absolute atomic E-state index is 0.299. The van der Waals surface area contributed by atoms with Gasteiger partial charge in [-0.25, -0.2) is 13.6 Å². The van der Waals surface area contributed by atoms with Crippen molar-refractivity contribution < 1.29 is 23.1 Å². The monoisotopic (exact) mass is 198 g/mol. The Balaban J connectivity index is 2.86. The van der Waals surface area contributed by atoms with E-state index in [1.807, 2.05) is 0 Å². The zero-order valence-corrected chi connectivity index (χ0v) is 6.78. The second-order valence-corrected chi connectivity index (χ2v) is 2.27. The molecule has 0 saturated carbocycles. The largest absolute Gasteiger partial charge is 0.419 e. The summed E-state index contributed by atoms with van der Waals surface area (Å²) in [7, 11) is 0. The van der Waals surface area contributed by atoms with Gasteiger partial charge >= 0.3 is 12.2 Å². The fraction of sp³-hybridized carbons (Fsp3) is 0. The number of esters is 1. The van der Waals surface area contributed by atoms with Gasteiger partial charge in [-0.15, -0.1) is 0 Å². The number of hydrogen-bond donors (Lipinski definition) is 0. The molecular weight excluding hydrogens is 194 g/mol. The summed E-state index contributed by atoms with van der Waals surface area (Å²) in [5.41, 5.74) is 7.94. The molecule has 0 unspecified atom stereocenters. The Kier molecular flexibility index (Phi) is 3.04. The topological polar surface area (TPSA) is 62.7 Å². The number of carbonyl (C=O) groups excluding carboxylic acids is 1. The molecule has 0 saturated heterocycles. The van der Waals surface area contributed by atoms with Gasteiger partial charge in [-0.3, -0.25) is 0 Å². The molecule has 0 spiro atoms. The Morgan fingerprint density at radius 2 is 1.93 bits per heavy atom. The third kappa shape index (κ3) is 2.76. The summed E-state index contributed by atoms with van der Waals surface area (Å²) >= 11 is 0. The standard InChI is InChI=1S/C8H4F2N2O2/c9-5-1-6(10)3-7(2-5)14-8(13)4-12-11/h1-4H. The van der Waals surface area contributed by atoms with Gasteiger partial charge in [-0.1, -0.05) is 0 Å². The lowest BCUT2D eigenvalue weighted by molar-refractivity contribution is -0.130. The van der Waals surface area contributed by atoms with Crippen molar-refractivity contribution in [2.45, 2.75) is 0 Å². The highest BCUT2D eigenvalue weighted by Crippen LogP contribution is 2.14. The molecule has 0 aromatic heterocycles. The molecule has 72 valence electrons. The number of hydrogen-bond acceptors (Lipinski definition) is 2. The highest BCUT2D eigenvalue weighted by Gasteiger charge is 2.07. The molecule has 4 nitrogen and oxygen atoms in total. The van der Waals surface area contributed by atoms with Crippen LogP contribution < -0.4 is 4.74 Å². The molecule has 0 bridgehead atoms. The fourth-order valence-corrected chi connectivity index (χ4v) is 0.777. The fourth-order valence-electron chi connectivity index (χ4n) is 0.777. The van der Waals surface area contributed by atoms with Gasteiger partial charge in [0, 0.05) is 18.2 Å². The van der Waals surface area contributed by atoms with Crippen LogP contribution in [0.1, 0.15) is 0 Å². The maximum atomic E-state index is 12.5. The minimum Gasteiger partial charge on any atom is -0.418 e. The van der Waals surface area contributed by atoms with E-state index in [-0.39, 0.29) is 5.75 Å². The molecule has 0 atom stereocenters. The van der Waals surface area contributed by atoms with Crippen molar-refractivity contribution >= 4 is 12.2 Å². The maximum absolute atomic E-state index is 12.5. The smallest absolute Gasteiger partial charge is 0.418 e. The van der Waals surface area contributed by atoms with E-state index in [2.05, 4.69) is 9.53 Å². The maximum Gasteiger partial charge on any atom is 0.419 e. The van der Waals surface area contributed by atoms with Crippen LogP contribution in [0.25, 0.3) is 5.53 Å². The van der Waals surface area contributed by atoms with Crippen LogP contribution in [0.15, 0.2) is 18.2 Å². The summed E-state index contributed by atoms with van der Waals surface area (Å²) < 4.78 is 29.5. The number of nitrogens with zero attached hydrogens (tertiary/aromatic N) is 2. The van der Waals surface area contributed by atoms with Crippen molar-refractivity contribution in [1.82, 2.24) is 0 Å². The molecule has 1 rings (SSSR count). The summed E-state index contributed by atoms with van der Waals surface area (Å²) in [6, 6.07) is 2.29. The SMILES string of the molecule is [N-]=[N+]=CC(=O)Oc1cc(F)cc(F)c1. The molecule has 0 aliphatic rings. The molecule has 0 radical (unpaired) electrons. The molecule has 0 aliphatic carbocycles. The highest BCUT2D eigenvalue weighted by atomic mass is 19.1. The quantitative estimate of drug-likeness (QED) is 0.235. The molecule has 1 aromatic rings. The van der Waals surface area contributed by atoms with Gasteiger partial charge in [0.25, 0.3) is 0 Å². The average Bonchev–Trinajstić information content (AvgIpc) is 2.01. The molecule has 0 amide bonds. The van der Waals surface area contributed by atoms with E-state index in [0.717, 1.165) is 12.1 Å². The van der Waals surface area contributed by atoms with Gasteiger partial charge in [0.15, 0.2) is 0 Å². The second kappa shape index (κ2) is 4.25. The van der Waals surface area contributed by atoms with Crippen LogP contribution in [0.2, 0.25) is 0 Å². The van der Waals surface area contributed by atoms with Crippen LogP contribution in [-0.4, -0.2) is 17.0 Å². The second-order valence-electron chi connectivity index (χ2n) is 2.27. The van der Waals surface area contributed by atoms with Crippen molar-refractivity contribution in [2.24, 2.45) is 0 Å². The summed E-state index contributed by atoms with van der Waals surface area (Å²) in [4.78, 5) is 13.0. The van der Waals surface area contributed by atoms with Crippen LogP contribution in [0.5, 0.6) is 5.75 Å². The van der Waals surface area contributed by atoms with E-state index < -0.39 is 17.6 Å². The zero-order chi connectivity index (χ0) is 10.6. The Labute approximate surface area is 77.3 Å². The molecular formula is C8H4F2N2O2. The number of rotatable bonds is 2. The first kappa shape index (κ1) is 10.0. The zero-order valence-electron chi connectivity index (χ0n) is 6.78. The number of halogens is 2. The van der Waals surface area contributed by atoms with Crippen molar-refractivity contribution in [1.29, 1.82) is 0 Å². The van der Waals surface area contributed by atoms with Gasteiger partial charge in [0.05, 0.1) is 0 Å². The summed E-state index contributed by atoms with van der Waals surface area (Å²) in [5, 5.41) is 0. The van der Waals surface area contributed by atoms with E-state index >= 15 is 0 Å².